The molecule has 0 saturated carbocycles. The van der Waals surface area contributed by atoms with Crippen molar-refractivity contribution in [2.24, 2.45) is 0 Å². The molecule has 3 aromatic carbocycles. The predicted molar refractivity (Wildman–Crippen MR) is 132 cm³/mol. The second-order valence-electron chi connectivity index (χ2n) is 8.35. The zero-order valence-electron chi connectivity index (χ0n) is 19.1. The summed E-state index contributed by atoms with van der Waals surface area (Å²) in [7, 11) is 0. The van der Waals surface area contributed by atoms with E-state index in [0.29, 0.717) is 33.8 Å². The third-order valence-corrected chi connectivity index (χ3v) is 6.29. The van der Waals surface area contributed by atoms with Gasteiger partial charge in [0.2, 0.25) is 11.8 Å². The lowest BCUT2D eigenvalue weighted by atomic mass is 9.93. The summed E-state index contributed by atoms with van der Waals surface area (Å²) in [6.07, 6.45) is 0. The molecule has 8 heteroatoms. The van der Waals surface area contributed by atoms with Crippen molar-refractivity contribution in [3.63, 3.8) is 0 Å². The van der Waals surface area contributed by atoms with Crippen molar-refractivity contribution < 1.29 is 19.1 Å². The van der Waals surface area contributed by atoms with Gasteiger partial charge in [-0.2, -0.15) is 0 Å². The lowest BCUT2D eigenvalue weighted by molar-refractivity contribution is -0.133. The normalized spacial score (nSPS) is 15.0. The van der Waals surface area contributed by atoms with Crippen molar-refractivity contribution in [1.29, 1.82) is 0 Å². The number of carbonyl (C=O) groups excluding carboxylic acids is 3. The Morgan fingerprint density at radius 1 is 0.971 bits per heavy atom. The largest absolute Gasteiger partial charge is 0.489 e. The van der Waals surface area contributed by atoms with Gasteiger partial charge in [0, 0.05) is 29.8 Å². The van der Waals surface area contributed by atoms with Crippen molar-refractivity contribution in [2.45, 2.75) is 26.5 Å². The van der Waals surface area contributed by atoms with Crippen molar-refractivity contribution in [3.8, 4) is 5.75 Å². The standard InChI is InChI=1S/C27H22ClN3O4/c1-16(32)30-23-13-12-21(35-15-18-6-4-3-5-7-18)14-22(23)24-25(19-8-10-20(28)11-9-19)31(17(2)33)29-27(34)26(24)30/h3-14,25H,15H2,1-2H3,(H,29,34). The fourth-order valence-corrected chi connectivity index (χ4v) is 4.66. The quantitative estimate of drug-likeness (QED) is 0.432. The number of carbonyl (C=O) groups is 3. The molecule has 0 radical (unpaired) electrons. The molecule has 0 aliphatic carbocycles. The van der Waals surface area contributed by atoms with Gasteiger partial charge in [-0.05, 0) is 41.5 Å². The fraction of sp³-hybridized carbons (Fsp3) is 0.148. The van der Waals surface area contributed by atoms with Crippen molar-refractivity contribution >= 4 is 40.2 Å². The summed E-state index contributed by atoms with van der Waals surface area (Å²) in [6, 6.07) is 21.5. The van der Waals surface area contributed by atoms with Crippen LogP contribution in [0.15, 0.2) is 72.8 Å². The molecule has 0 spiro atoms. The number of fused-ring (bicyclic) bond motifs is 3. The number of halogens is 1. The highest BCUT2D eigenvalue weighted by Gasteiger charge is 2.40. The summed E-state index contributed by atoms with van der Waals surface area (Å²) in [5.74, 6) is -0.599. The van der Waals surface area contributed by atoms with E-state index >= 15 is 0 Å². The number of hydrogen-bond acceptors (Lipinski definition) is 4. The molecule has 7 nitrogen and oxygen atoms in total. The van der Waals surface area contributed by atoms with Crippen LogP contribution in [0.25, 0.3) is 10.9 Å². The van der Waals surface area contributed by atoms with E-state index in [4.69, 9.17) is 16.3 Å². The number of amides is 2. The first-order chi connectivity index (χ1) is 16.8. The molecule has 2 heterocycles. The van der Waals surface area contributed by atoms with Crippen LogP contribution in [0.1, 0.15) is 51.9 Å². The van der Waals surface area contributed by atoms with Gasteiger partial charge >= 0.3 is 0 Å². The third kappa shape index (κ3) is 4.04. The minimum atomic E-state index is -0.662. The van der Waals surface area contributed by atoms with E-state index in [1.807, 2.05) is 36.4 Å². The van der Waals surface area contributed by atoms with Crippen LogP contribution in [0.2, 0.25) is 5.02 Å². The lowest BCUT2D eigenvalue weighted by Gasteiger charge is -2.35. The van der Waals surface area contributed by atoms with E-state index in [1.165, 1.54) is 23.4 Å². The van der Waals surface area contributed by atoms with Crippen LogP contribution in [0.3, 0.4) is 0 Å². The Kier molecular flexibility index (Phi) is 5.78. The van der Waals surface area contributed by atoms with E-state index < -0.39 is 11.9 Å². The maximum Gasteiger partial charge on any atom is 0.287 e. The smallest absolute Gasteiger partial charge is 0.287 e. The number of rotatable bonds is 4. The number of aromatic nitrogens is 1. The van der Waals surface area contributed by atoms with Crippen LogP contribution in [0.4, 0.5) is 0 Å². The molecule has 35 heavy (non-hydrogen) atoms. The van der Waals surface area contributed by atoms with Crippen LogP contribution in [-0.2, 0) is 11.4 Å². The van der Waals surface area contributed by atoms with Gasteiger partial charge in [0.05, 0.1) is 5.52 Å². The summed E-state index contributed by atoms with van der Waals surface area (Å²) in [6.45, 7) is 3.15. The minimum absolute atomic E-state index is 0.199. The Labute approximate surface area is 206 Å². The Hall–Kier alpha value is -4.10. The number of hydrogen-bond donors (Lipinski definition) is 1. The number of ether oxygens (including phenoxy) is 1. The highest BCUT2D eigenvalue weighted by molar-refractivity contribution is 6.30. The van der Waals surface area contributed by atoms with Crippen LogP contribution in [-0.4, -0.2) is 27.3 Å². The molecule has 176 valence electrons. The molecule has 1 N–H and O–H groups in total. The van der Waals surface area contributed by atoms with Crippen LogP contribution in [0, 0.1) is 0 Å². The van der Waals surface area contributed by atoms with Crippen LogP contribution >= 0.6 is 11.6 Å². The molecule has 5 rings (SSSR count). The van der Waals surface area contributed by atoms with Gasteiger partial charge in [-0.15, -0.1) is 0 Å². The third-order valence-electron chi connectivity index (χ3n) is 6.03. The van der Waals surface area contributed by atoms with Gasteiger partial charge in [-0.25, -0.2) is 5.01 Å². The first-order valence-electron chi connectivity index (χ1n) is 11.1. The van der Waals surface area contributed by atoms with Gasteiger partial charge in [0.25, 0.3) is 5.91 Å². The van der Waals surface area contributed by atoms with Gasteiger partial charge in [0.1, 0.15) is 24.1 Å². The van der Waals surface area contributed by atoms with Gasteiger partial charge < -0.3 is 4.74 Å². The van der Waals surface area contributed by atoms with Crippen LogP contribution in [0.5, 0.6) is 5.75 Å². The van der Waals surface area contributed by atoms with Crippen molar-refractivity contribution in [3.05, 3.63) is 100 Å². The molecule has 4 aromatic rings. The van der Waals surface area contributed by atoms with E-state index in [1.54, 1.807) is 36.4 Å². The average molecular weight is 488 g/mol. The Morgan fingerprint density at radius 3 is 2.34 bits per heavy atom. The first-order valence-corrected chi connectivity index (χ1v) is 11.4. The zero-order valence-corrected chi connectivity index (χ0v) is 19.9. The molecular weight excluding hydrogens is 466 g/mol. The highest BCUT2D eigenvalue weighted by Crippen LogP contribution is 2.41. The molecule has 0 saturated heterocycles. The van der Waals surface area contributed by atoms with E-state index in [-0.39, 0.29) is 17.5 Å². The highest BCUT2D eigenvalue weighted by atomic mass is 35.5. The lowest BCUT2D eigenvalue weighted by Crippen LogP contribution is -2.52. The van der Waals surface area contributed by atoms with Gasteiger partial charge in [-0.1, -0.05) is 54.1 Å². The molecule has 0 bridgehead atoms. The van der Waals surface area contributed by atoms with Gasteiger partial charge in [-0.3, -0.25) is 24.4 Å². The number of hydrazine groups is 1. The summed E-state index contributed by atoms with van der Waals surface area (Å²) in [5, 5.41) is 2.49. The molecule has 0 fully saturated rings. The van der Waals surface area contributed by atoms with Crippen molar-refractivity contribution in [2.75, 3.05) is 0 Å². The molecule has 2 amide bonds. The first kappa shape index (κ1) is 22.7. The Balaban J connectivity index is 1.71. The molecule has 1 aliphatic rings. The summed E-state index contributed by atoms with van der Waals surface area (Å²) in [4.78, 5) is 38.5. The molecule has 1 atom stereocenters. The number of benzene rings is 3. The monoisotopic (exact) mass is 487 g/mol. The number of nitrogens with zero attached hydrogens (tertiary/aromatic N) is 2. The molecule has 1 unspecified atom stereocenters. The van der Waals surface area contributed by atoms with E-state index in [0.717, 1.165) is 11.1 Å². The molecule has 1 aromatic heterocycles. The van der Waals surface area contributed by atoms with E-state index in [9.17, 15) is 14.4 Å². The SMILES string of the molecule is CC(=O)N1NC(=O)c2c(c3cc(OCc4ccccc4)ccc3n2C(C)=O)C1c1ccc(Cl)cc1. The zero-order chi connectivity index (χ0) is 24.7. The second kappa shape index (κ2) is 8.92. The summed E-state index contributed by atoms with van der Waals surface area (Å²) >= 11 is 6.10. The molecular formula is C27H22ClN3O4. The maximum absolute atomic E-state index is 13.2. The summed E-state index contributed by atoms with van der Waals surface area (Å²) < 4.78 is 7.42. The topological polar surface area (TPSA) is 80.6 Å². The fourth-order valence-electron chi connectivity index (χ4n) is 4.53. The Bertz CT molecular complexity index is 1460. The Morgan fingerprint density at radius 2 is 1.69 bits per heavy atom. The van der Waals surface area contributed by atoms with Gasteiger partial charge in [0.15, 0.2) is 0 Å². The minimum Gasteiger partial charge on any atom is -0.489 e. The average Bonchev–Trinajstić information content (AvgIpc) is 3.19. The molecule has 1 aliphatic heterocycles. The van der Waals surface area contributed by atoms with Crippen molar-refractivity contribution in [1.82, 2.24) is 15.0 Å². The summed E-state index contributed by atoms with van der Waals surface area (Å²) in [5.41, 5.74) is 5.73. The van der Waals surface area contributed by atoms with Crippen LogP contribution < -0.4 is 10.2 Å². The number of nitrogens with one attached hydrogen (secondary N) is 1. The second-order valence-corrected chi connectivity index (χ2v) is 8.79. The maximum atomic E-state index is 13.2. The van der Waals surface area contributed by atoms with E-state index in [2.05, 4.69) is 5.43 Å². The predicted octanol–water partition coefficient (Wildman–Crippen LogP) is 5.13.